The van der Waals surface area contributed by atoms with Crippen LogP contribution >= 0.6 is 0 Å². The first-order chi connectivity index (χ1) is 13.2. The van der Waals surface area contributed by atoms with Gasteiger partial charge in [-0.05, 0) is 55.2 Å². The van der Waals surface area contributed by atoms with E-state index in [0.717, 1.165) is 37.1 Å². The Morgan fingerprint density at radius 3 is 2.89 bits per heavy atom. The molecule has 1 saturated heterocycles. The number of rotatable bonds is 5. The molecule has 3 fully saturated rings. The Balaban J connectivity index is 1.41. The molecule has 5 rings (SSSR count). The average Bonchev–Trinajstić information content (AvgIpc) is 3.20. The van der Waals surface area contributed by atoms with E-state index in [1.54, 1.807) is 7.11 Å². The molecule has 2 aromatic rings. The summed E-state index contributed by atoms with van der Waals surface area (Å²) in [4.78, 5) is 15.2. The van der Waals surface area contributed by atoms with Crippen molar-refractivity contribution in [1.82, 2.24) is 19.7 Å². The van der Waals surface area contributed by atoms with E-state index in [-0.39, 0.29) is 11.3 Å². The molecule has 1 spiro atoms. The van der Waals surface area contributed by atoms with E-state index in [1.807, 2.05) is 35.5 Å². The Labute approximate surface area is 159 Å². The van der Waals surface area contributed by atoms with Crippen LogP contribution in [0.5, 0.6) is 5.75 Å². The lowest BCUT2D eigenvalue weighted by atomic mass is 9.62. The summed E-state index contributed by atoms with van der Waals surface area (Å²) in [5.41, 5.74) is 0.881. The van der Waals surface area contributed by atoms with E-state index in [0.29, 0.717) is 11.5 Å². The van der Waals surface area contributed by atoms with Crippen molar-refractivity contribution in [3.05, 3.63) is 42.0 Å². The number of ether oxygens (including phenoxy) is 1. The lowest BCUT2D eigenvalue weighted by Gasteiger charge is -2.42. The SMILES string of the molecule is COc1cccc(C(=O)N2CC(c3nncn3CC3CC3)C3(CCC3)C2)c1. The average molecular weight is 366 g/mol. The van der Waals surface area contributed by atoms with Crippen LogP contribution in [0.25, 0.3) is 0 Å². The Hall–Kier alpha value is -2.37. The summed E-state index contributed by atoms with van der Waals surface area (Å²) < 4.78 is 7.54. The maximum absolute atomic E-state index is 13.2. The molecule has 1 atom stereocenters. The second-order valence-electron chi connectivity index (χ2n) is 8.47. The van der Waals surface area contributed by atoms with Crippen LogP contribution in [0.2, 0.25) is 0 Å². The predicted octanol–water partition coefficient (Wildman–Crippen LogP) is 3.11. The summed E-state index contributed by atoms with van der Waals surface area (Å²) in [5, 5.41) is 8.72. The van der Waals surface area contributed by atoms with Gasteiger partial charge in [0, 0.05) is 31.1 Å². The van der Waals surface area contributed by atoms with Crippen LogP contribution in [-0.2, 0) is 6.54 Å². The molecule has 142 valence electrons. The van der Waals surface area contributed by atoms with Gasteiger partial charge in [-0.1, -0.05) is 12.5 Å². The summed E-state index contributed by atoms with van der Waals surface area (Å²) in [5.74, 6) is 2.98. The van der Waals surface area contributed by atoms with Crippen molar-refractivity contribution >= 4 is 5.91 Å². The van der Waals surface area contributed by atoms with Gasteiger partial charge >= 0.3 is 0 Å². The van der Waals surface area contributed by atoms with Crippen LogP contribution in [0.3, 0.4) is 0 Å². The van der Waals surface area contributed by atoms with E-state index in [1.165, 1.54) is 32.1 Å². The number of methoxy groups -OCH3 is 1. The van der Waals surface area contributed by atoms with Crippen LogP contribution in [0, 0.1) is 11.3 Å². The second-order valence-corrected chi connectivity index (χ2v) is 8.47. The minimum atomic E-state index is 0.0935. The number of aromatic nitrogens is 3. The zero-order chi connectivity index (χ0) is 18.4. The van der Waals surface area contributed by atoms with Crippen LogP contribution < -0.4 is 4.74 Å². The Bertz CT molecular complexity index is 853. The highest BCUT2D eigenvalue weighted by Gasteiger charge is 2.53. The lowest BCUT2D eigenvalue weighted by molar-refractivity contribution is 0.0723. The third-order valence-corrected chi connectivity index (χ3v) is 6.71. The van der Waals surface area contributed by atoms with E-state index < -0.39 is 0 Å². The molecule has 1 amide bonds. The van der Waals surface area contributed by atoms with E-state index in [4.69, 9.17) is 4.74 Å². The topological polar surface area (TPSA) is 60.2 Å². The predicted molar refractivity (Wildman–Crippen MR) is 101 cm³/mol. The molecule has 2 saturated carbocycles. The van der Waals surface area contributed by atoms with Crippen LogP contribution in [0.15, 0.2) is 30.6 Å². The van der Waals surface area contributed by atoms with Crippen molar-refractivity contribution in [2.24, 2.45) is 11.3 Å². The Morgan fingerprint density at radius 1 is 1.33 bits per heavy atom. The van der Waals surface area contributed by atoms with Gasteiger partial charge in [0.1, 0.15) is 17.9 Å². The van der Waals surface area contributed by atoms with Gasteiger partial charge < -0.3 is 14.2 Å². The molecule has 1 aliphatic heterocycles. The number of carbonyl (C=O) groups excluding carboxylic acids is 1. The van der Waals surface area contributed by atoms with Crippen molar-refractivity contribution in [3.8, 4) is 5.75 Å². The van der Waals surface area contributed by atoms with Crippen LogP contribution in [-0.4, -0.2) is 45.8 Å². The van der Waals surface area contributed by atoms with Gasteiger partial charge in [0.2, 0.25) is 0 Å². The summed E-state index contributed by atoms with van der Waals surface area (Å²) in [6, 6.07) is 7.46. The van der Waals surface area contributed by atoms with Gasteiger partial charge in [0.25, 0.3) is 5.91 Å². The molecule has 0 bridgehead atoms. The second kappa shape index (κ2) is 6.36. The fourth-order valence-electron chi connectivity index (χ4n) is 4.81. The molecule has 1 aromatic carbocycles. The Morgan fingerprint density at radius 2 is 2.19 bits per heavy atom. The number of carbonyl (C=O) groups is 1. The number of hydrogen-bond acceptors (Lipinski definition) is 4. The number of amides is 1. The van der Waals surface area contributed by atoms with Gasteiger partial charge in [-0.3, -0.25) is 4.79 Å². The number of likely N-dealkylation sites (tertiary alicyclic amines) is 1. The first kappa shape index (κ1) is 16.8. The van der Waals surface area contributed by atoms with Crippen molar-refractivity contribution in [1.29, 1.82) is 0 Å². The quantitative estimate of drug-likeness (QED) is 0.816. The first-order valence-corrected chi connectivity index (χ1v) is 9.99. The highest BCUT2D eigenvalue weighted by atomic mass is 16.5. The lowest BCUT2D eigenvalue weighted by Crippen LogP contribution is -2.38. The molecule has 6 heteroatoms. The summed E-state index contributed by atoms with van der Waals surface area (Å²) >= 11 is 0. The highest BCUT2D eigenvalue weighted by molar-refractivity contribution is 5.95. The number of nitrogens with zero attached hydrogens (tertiary/aromatic N) is 4. The zero-order valence-corrected chi connectivity index (χ0v) is 15.8. The molecular formula is C21H26N4O2. The maximum atomic E-state index is 13.2. The zero-order valence-electron chi connectivity index (χ0n) is 15.8. The summed E-state index contributed by atoms with van der Waals surface area (Å²) in [6.45, 7) is 2.59. The fourth-order valence-corrected chi connectivity index (χ4v) is 4.81. The molecule has 1 aromatic heterocycles. The minimum Gasteiger partial charge on any atom is -0.497 e. The molecule has 27 heavy (non-hydrogen) atoms. The van der Waals surface area contributed by atoms with Crippen molar-refractivity contribution in [2.45, 2.75) is 44.6 Å². The number of benzene rings is 1. The van der Waals surface area contributed by atoms with Crippen LogP contribution in [0.1, 0.15) is 54.2 Å². The van der Waals surface area contributed by atoms with Gasteiger partial charge in [0.05, 0.1) is 7.11 Å². The van der Waals surface area contributed by atoms with Gasteiger partial charge in [-0.15, -0.1) is 10.2 Å². The standard InChI is InChI=1S/C21H26N4O2/c1-27-17-5-2-4-16(10-17)20(26)24-12-18(21(13-24)8-3-9-21)19-23-22-14-25(19)11-15-6-7-15/h2,4-5,10,14-15,18H,3,6-9,11-13H2,1H3. The Kier molecular flexibility index (Phi) is 3.95. The maximum Gasteiger partial charge on any atom is 0.254 e. The third kappa shape index (κ3) is 2.91. The minimum absolute atomic E-state index is 0.0935. The summed E-state index contributed by atoms with van der Waals surface area (Å²) in [6.07, 6.45) is 8.11. The molecule has 2 heterocycles. The molecular weight excluding hydrogens is 340 g/mol. The molecule has 0 radical (unpaired) electrons. The van der Waals surface area contributed by atoms with E-state index in [2.05, 4.69) is 14.8 Å². The highest BCUT2D eigenvalue weighted by Crippen LogP contribution is 2.55. The van der Waals surface area contributed by atoms with Crippen molar-refractivity contribution < 1.29 is 9.53 Å². The van der Waals surface area contributed by atoms with E-state index in [9.17, 15) is 4.79 Å². The molecule has 2 aliphatic carbocycles. The summed E-state index contributed by atoms with van der Waals surface area (Å²) in [7, 11) is 1.63. The van der Waals surface area contributed by atoms with Gasteiger partial charge in [-0.2, -0.15) is 0 Å². The van der Waals surface area contributed by atoms with Gasteiger partial charge in [-0.25, -0.2) is 0 Å². The largest absolute Gasteiger partial charge is 0.497 e. The molecule has 6 nitrogen and oxygen atoms in total. The first-order valence-electron chi connectivity index (χ1n) is 9.99. The van der Waals surface area contributed by atoms with Gasteiger partial charge in [0.15, 0.2) is 0 Å². The van der Waals surface area contributed by atoms with E-state index >= 15 is 0 Å². The third-order valence-electron chi connectivity index (χ3n) is 6.71. The monoisotopic (exact) mass is 366 g/mol. The van der Waals surface area contributed by atoms with Crippen LogP contribution in [0.4, 0.5) is 0 Å². The van der Waals surface area contributed by atoms with Crippen molar-refractivity contribution in [3.63, 3.8) is 0 Å². The molecule has 0 N–H and O–H groups in total. The smallest absolute Gasteiger partial charge is 0.254 e. The molecule has 3 aliphatic rings. The normalized spacial score (nSPS) is 23.4. The van der Waals surface area contributed by atoms with Crippen molar-refractivity contribution in [2.75, 3.05) is 20.2 Å². The molecule has 1 unspecified atom stereocenters. The number of hydrogen-bond donors (Lipinski definition) is 0. The fraction of sp³-hybridized carbons (Fsp3) is 0.571.